The van der Waals surface area contributed by atoms with E-state index in [9.17, 15) is 9.59 Å². The molecule has 0 unspecified atom stereocenters. The highest BCUT2D eigenvalue weighted by Crippen LogP contribution is 2.24. The van der Waals surface area contributed by atoms with Gasteiger partial charge in [-0.1, -0.05) is 34.1 Å². The van der Waals surface area contributed by atoms with Gasteiger partial charge in [-0.3, -0.25) is 9.59 Å². The Kier molecular flexibility index (Phi) is 4.30. The van der Waals surface area contributed by atoms with Crippen LogP contribution < -0.4 is 5.32 Å². The molecule has 1 atom stereocenters. The summed E-state index contributed by atoms with van der Waals surface area (Å²) in [5, 5.41) is 11.2. The maximum atomic E-state index is 10.6. The molecule has 0 spiro atoms. The molecule has 15 heavy (non-hydrogen) atoms. The lowest BCUT2D eigenvalue weighted by Crippen LogP contribution is -2.22. The van der Waals surface area contributed by atoms with Crippen molar-refractivity contribution in [1.82, 2.24) is 5.32 Å². The van der Waals surface area contributed by atoms with Gasteiger partial charge in [0, 0.05) is 4.47 Å². The largest absolute Gasteiger partial charge is 0.481 e. The highest BCUT2D eigenvalue weighted by Gasteiger charge is 2.16. The molecule has 1 rings (SSSR count). The fraction of sp³-hybridized carbons (Fsp3) is 0.200. The van der Waals surface area contributed by atoms with Crippen LogP contribution in [0.4, 0.5) is 0 Å². The molecule has 5 heteroatoms. The Bertz CT molecular complexity index is 367. The predicted octanol–water partition coefficient (Wildman–Crippen LogP) is 1.71. The standard InChI is InChI=1S/C10H10BrNO3/c11-8-4-2-1-3-7(8)9(12-6-13)5-10(14)15/h1-4,6,9H,5H2,(H,12,13)(H,14,15)/t9-/m0/s1. The normalized spacial score (nSPS) is 11.8. The first-order chi connectivity index (χ1) is 7.15. The van der Waals surface area contributed by atoms with Crippen LogP contribution in [0.1, 0.15) is 18.0 Å². The number of halogens is 1. The summed E-state index contributed by atoms with van der Waals surface area (Å²) in [6, 6.07) is 6.69. The number of aliphatic carboxylic acids is 1. The van der Waals surface area contributed by atoms with Gasteiger partial charge >= 0.3 is 5.97 Å². The number of nitrogens with one attached hydrogen (secondary N) is 1. The number of rotatable bonds is 5. The van der Waals surface area contributed by atoms with Gasteiger partial charge in [0.15, 0.2) is 0 Å². The Morgan fingerprint density at radius 2 is 2.20 bits per heavy atom. The van der Waals surface area contributed by atoms with Crippen molar-refractivity contribution < 1.29 is 14.7 Å². The van der Waals surface area contributed by atoms with Gasteiger partial charge in [-0.05, 0) is 11.6 Å². The van der Waals surface area contributed by atoms with Crippen LogP contribution in [-0.4, -0.2) is 17.5 Å². The van der Waals surface area contributed by atoms with Gasteiger partial charge in [-0.15, -0.1) is 0 Å². The Hall–Kier alpha value is -1.36. The molecular formula is C10H10BrNO3. The molecule has 0 radical (unpaired) electrons. The molecule has 1 amide bonds. The molecule has 0 aliphatic heterocycles. The quantitative estimate of drug-likeness (QED) is 0.802. The third-order valence-corrected chi connectivity index (χ3v) is 2.65. The smallest absolute Gasteiger partial charge is 0.305 e. The summed E-state index contributed by atoms with van der Waals surface area (Å²) < 4.78 is 0.783. The zero-order valence-electron chi connectivity index (χ0n) is 7.81. The van der Waals surface area contributed by atoms with E-state index in [2.05, 4.69) is 21.2 Å². The Labute approximate surface area is 95.4 Å². The van der Waals surface area contributed by atoms with Crippen molar-refractivity contribution in [3.8, 4) is 0 Å². The number of hydrogen-bond donors (Lipinski definition) is 2. The summed E-state index contributed by atoms with van der Waals surface area (Å²) in [5.41, 5.74) is 0.756. The molecule has 4 nitrogen and oxygen atoms in total. The van der Waals surface area contributed by atoms with E-state index in [0.717, 1.165) is 10.0 Å². The van der Waals surface area contributed by atoms with E-state index in [0.29, 0.717) is 6.41 Å². The van der Waals surface area contributed by atoms with E-state index in [1.807, 2.05) is 6.07 Å². The van der Waals surface area contributed by atoms with Crippen molar-refractivity contribution in [3.05, 3.63) is 34.3 Å². The average molecular weight is 272 g/mol. The summed E-state index contributed by atoms with van der Waals surface area (Å²) in [7, 11) is 0. The van der Waals surface area contributed by atoms with Crippen molar-refractivity contribution in [3.63, 3.8) is 0 Å². The van der Waals surface area contributed by atoms with Crippen LogP contribution in [0, 0.1) is 0 Å². The fourth-order valence-corrected chi connectivity index (χ4v) is 1.83. The van der Waals surface area contributed by atoms with E-state index in [1.165, 1.54) is 0 Å². The molecular weight excluding hydrogens is 262 g/mol. The SMILES string of the molecule is O=CN[C@@H](CC(=O)O)c1ccccc1Br. The van der Waals surface area contributed by atoms with Gasteiger partial charge in [-0.2, -0.15) is 0 Å². The fourth-order valence-electron chi connectivity index (χ4n) is 1.27. The first-order valence-electron chi connectivity index (χ1n) is 4.31. The maximum absolute atomic E-state index is 10.6. The number of hydrogen-bond acceptors (Lipinski definition) is 2. The Morgan fingerprint density at radius 1 is 1.53 bits per heavy atom. The van der Waals surface area contributed by atoms with Crippen LogP contribution in [0.25, 0.3) is 0 Å². The second-order valence-electron chi connectivity index (χ2n) is 2.96. The summed E-state index contributed by atoms with van der Waals surface area (Å²) in [6.45, 7) is 0. The first-order valence-corrected chi connectivity index (χ1v) is 5.10. The minimum absolute atomic E-state index is 0.138. The van der Waals surface area contributed by atoms with Crippen molar-refractivity contribution >= 4 is 28.3 Å². The summed E-state index contributed by atoms with van der Waals surface area (Å²) >= 11 is 3.31. The number of carbonyl (C=O) groups excluding carboxylic acids is 1. The lowest BCUT2D eigenvalue weighted by molar-refractivity contribution is -0.137. The zero-order chi connectivity index (χ0) is 11.3. The number of amides is 1. The minimum atomic E-state index is -0.954. The lowest BCUT2D eigenvalue weighted by atomic mass is 10.0. The summed E-state index contributed by atoms with van der Waals surface area (Å²) in [6.07, 6.45) is 0.369. The van der Waals surface area contributed by atoms with Crippen molar-refractivity contribution in [2.75, 3.05) is 0 Å². The molecule has 80 valence electrons. The average Bonchev–Trinajstić information content (AvgIpc) is 2.17. The van der Waals surface area contributed by atoms with Crippen LogP contribution in [0.2, 0.25) is 0 Å². The number of carboxylic acid groups (broad SMARTS) is 1. The molecule has 0 fully saturated rings. The summed E-state index contributed by atoms with van der Waals surface area (Å²) in [5.74, 6) is -0.954. The maximum Gasteiger partial charge on any atom is 0.305 e. The van der Waals surface area contributed by atoms with E-state index in [-0.39, 0.29) is 6.42 Å². The molecule has 0 aliphatic carbocycles. The third kappa shape index (κ3) is 3.36. The lowest BCUT2D eigenvalue weighted by Gasteiger charge is -2.15. The molecule has 2 N–H and O–H groups in total. The molecule has 0 saturated carbocycles. The molecule has 0 aliphatic rings. The number of carbonyl (C=O) groups is 2. The van der Waals surface area contributed by atoms with Crippen LogP contribution in [0.15, 0.2) is 28.7 Å². The first kappa shape index (κ1) is 11.7. The molecule has 0 aromatic heterocycles. The van der Waals surface area contributed by atoms with Gasteiger partial charge in [0.25, 0.3) is 0 Å². The molecule has 0 bridgehead atoms. The van der Waals surface area contributed by atoms with E-state index in [4.69, 9.17) is 5.11 Å². The van der Waals surface area contributed by atoms with Crippen molar-refractivity contribution in [2.24, 2.45) is 0 Å². The summed E-state index contributed by atoms with van der Waals surface area (Å²) in [4.78, 5) is 21.0. The third-order valence-electron chi connectivity index (χ3n) is 1.93. The second kappa shape index (κ2) is 5.50. The molecule has 0 heterocycles. The van der Waals surface area contributed by atoms with Gasteiger partial charge in [-0.25, -0.2) is 0 Å². The van der Waals surface area contributed by atoms with Crippen LogP contribution in [0.3, 0.4) is 0 Å². The van der Waals surface area contributed by atoms with Gasteiger partial charge in [0.1, 0.15) is 0 Å². The predicted molar refractivity (Wildman–Crippen MR) is 58.3 cm³/mol. The monoisotopic (exact) mass is 271 g/mol. The van der Waals surface area contributed by atoms with Crippen molar-refractivity contribution in [2.45, 2.75) is 12.5 Å². The van der Waals surface area contributed by atoms with Gasteiger partial charge in [0.05, 0.1) is 12.5 Å². The molecule has 1 aromatic rings. The van der Waals surface area contributed by atoms with Gasteiger partial charge in [0.2, 0.25) is 6.41 Å². The highest BCUT2D eigenvalue weighted by molar-refractivity contribution is 9.10. The van der Waals surface area contributed by atoms with E-state index in [1.54, 1.807) is 18.2 Å². The molecule has 1 aromatic carbocycles. The van der Waals surface area contributed by atoms with Crippen LogP contribution in [-0.2, 0) is 9.59 Å². The second-order valence-corrected chi connectivity index (χ2v) is 3.81. The van der Waals surface area contributed by atoms with Crippen molar-refractivity contribution in [1.29, 1.82) is 0 Å². The van der Waals surface area contributed by atoms with Gasteiger partial charge < -0.3 is 10.4 Å². The zero-order valence-corrected chi connectivity index (χ0v) is 9.40. The highest BCUT2D eigenvalue weighted by atomic mass is 79.9. The number of benzene rings is 1. The Balaban J connectivity index is 2.92. The molecule has 0 saturated heterocycles. The topological polar surface area (TPSA) is 66.4 Å². The Morgan fingerprint density at radius 3 is 2.73 bits per heavy atom. The van der Waals surface area contributed by atoms with Crippen LogP contribution >= 0.6 is 15.9 Å². The van der Waals surface area contributed by atoms with E-state index >= 15 is 0 Å². The minimum Gasteiger partial charge on any atom is -0.481 e. The number of carboxylic acids is 1. The van der Waals surface area contributed by atoms with Crippen LogP contribution in [0.5, 0.6) is 0 Å². The van der Waals surface area contributed by atoms with E-state index < -0.39 is 12.0 Å².